The number of rotatable bonds is 4. The van der Waals surface area contributed by atoms with Gasteiger partial charge in [-0.1, -0.05) is 12.1 Å². The van der Waals surface area contributed by atoms with Crippen LogP contribution in [0.1, 0.15) is 10.5 Å². The molecule has 0 saturated carbocycles. The Labute approximate surface area is 146 Å². The van der Waals surface area contributed by atoms with Crippen LogP contribution in [0.5, 0.6) is 0 Å². The quantitative estimate of drug-likeness (QED) is 0.606. The first-order chi connectivity index (χ1) is 12.2. The van der Waals surface area contributed by atoms with E-state index in [-0.39, 0.29) is 17.2 Å². The van der Waals surface area contributed by atoms with Crippen LogP contribution in [0.4, 0.5) is 0 Å². The fourth-order valence-corrected chi connectivity index (χ4v) is 3.22. The Morgan fingerprint density at radius 1 is 1.16 bits per heavy atom. The monoisotopic (exact) mass is 351 g/mol. The van der Waals surface area contributed by atoms with Crippen LogP contribution in [0.15, 0.2) is 53.0 Å². The van der Waals surface area contributed by atoms with Crippen LogP contribution in [0.3, 0.4) is 0 Å². The highest BCUT2D eigenvalue weighted by Gasteiger charge is 2.09. The van der Waals surface area contributed by atoms with Gasteiger partial charge in [0, 0.05) is 13.1 Å². The zero-order valence-corrected chi connectivity index (χ0v) is 13.9. The molecule has 0 unspecified atom stereocenters. The molecule has 0 aliphatic rings. The number of nitrogens with one attached hydrogen (secondary N) is 1. The molecule has 0 spiro atoms. The first-order valence-corrected chi connectivity index (χ1v) is 8.53. The number of amides is 1. The summed E-state index contributed by atoms with van der Waals surface area (Å²) in [6, 6.07) is 9.12. The number of carbonyl (C=O) groups excluding carboxylic acids is 1. The van der Waals surface area contributed by atoms with Gasteiger partial charge in [0.2, 0.25) is 0 Å². The summed E-state index contributed by atoms with van der Waals surface area (Å²) >= 11 is 1.43. The fourth-order valence-electron chi connectivity index (χ4n) is 2.50. The first kappa shape index (κ1) is 15.4. The van der Waals surface area contributed by atoms with Crippen LogP contribution in [0, 0.1) is 0 Å². The molecule has 1 amide bonds. The maximum absolute atomic E-state index is 12.3. The van der Waals surface area contributed by atoms with Crippen molar-refractivity contribution in [1.82, 2.24) is 24.8 Å². The van der Waals surface area contributed by atoms with Crippen molar-refractivity contribution in [2.24, 2.45) is 0 Å². The number of fused-ring (bicyclic) bond motifs is 2. The van der Waals surface area contributed by atoms with E-state index in [4.69, 9.17) is 0 Å². The summed E-state index contributed by atoms with van der Waals surface area (Å²) < 4.78 is 1.49. The first-order valence-electron chi connectivity index (χ1n) is 7.65. The predicted octanol–water partition coefficient (Wildman–Crippen LogP) is 1.83. The van der Waals surface area contributed by atoms with Gasteiger partial charge in [0.05, 0.1) is 28.9 Å². The highest BCUT2D eigenvalue weighted by molar-refractivity contribution is 7.16. The molecule has 8 heteroatoms. The molecular weight excluding hydrogens is 338 g/mol. The van der Waals surface area contributed by atoms with Crippen LogP contribution in [-0.4, -0.2) is 32.0 Å². The molecule has 124 valence electrons. The number of para-hydroxylation sites is 2. The fraction of sp³-hybridized carbons (Fsp3) is 0.118. The molecule has 0 radical (unpaired) electrons. The lowest BCUT2D eigenvalue weighted by atomic mass is 10.3. The molecule has 4 rings (SSSR count). The van der Waals surface area contributed by atoms with Crippen molar-refractivity contribution >= 4 is 38.5 Å². The van der Waals surface area contributed by atoms with E-state index in [1.807, 2.05) is 23.6 Å². The molecule has 3 aromatic heterocycles. The van der Waals surface area contributed by atoms with E-state index in [2.05, 4.69) is 20.3 Å². The van der Waals surface area contributed by atoms with Crippen molar-refractivity contribution in [1.29, 1.82) is 0 Å². The van der Waals surface area contributed by atoms with Crippen molar-refractivity contribution in [3.63, 3.8) is 0 Å². The second kappa shape index (κ2) is 6.40. The number of nitrogens with zero attached hydrogens (tertiary/aromatic N) is 4. The number of carbonyl (C=O) groups is 1. The largest absolute Gasteiger partial charge is 0.349 e. The van der Waals surface area contributed by atoms with Gasteiger partial charge in [-0.15, -0.1) is 11.3 Å². The smallest absolute Gasteiger partial charge is 0.271 e. The van der Waals surface area contributed by atoms with Crippen molar-refractivity contribution in [2.45, 2.75) is 6.54 Å². The van der Waals surface area contributed by atoms with E-state index < -0.39 is 0 Å². The van der Waals surface area contributed by atoms with Gasteiger partial charge in [-0.05, 0) is 23.6 Å². The number of aromatic nitrogens is 4. The van der Waals surface area contributed by atoms with Gasteiger partial charge >= 0.3 is 0 Å². The predicted molar refractivity (Wildman–Crippen MR) is 95.8 cm³/mol. The Hall–Kier alpha value is -3.13. The molecule has 3 heterocycles. The minimum Gasteiger partial charge on any atom is -0.349 e. The average molecular weight is 351 g/mol. The van der Waals surface area contributed by atoms with Crippen molar-refractivity contribution in [2.75, 3.05) is 6.54 Å². The molecule has 0 aliphatic heterocycles. The second-order valence-corrected chi connectivity index (χ2v) is 6.28. The molecule has 0 fully saturated rings. The summed E-state index contributed by atoms with van der Waals surface area (Å²) in [7, 11) is 0. The van der Waals surface area contributed by atoms with Crippen LogP contribution in [-0.2, 0) is 6.54 Å². The van der Waals surface area contributed by atoms with E-state index in [9.17, 15) is 9.59 Å². The third kappa shape index (κ3) is 2.99. The van der Waals surface area contributed by atoms with E-state index in [0.29, 0.717) is 24.0 Å². The molecule has 0 aliphatic carbocycles. The molecule has 0 saturated heterocycles. The van der Waals surface area contributed by atoms with Crippen molar-refractivity contribution < 1.29 is 4.79 Å². The van der Waals surface area contributed by atoms with Gasteiger partial charge < -0.3 is 5.32 Å². The lowest BCUT2D eigenvalue weighted by Gasteiger charge is -2.07. The lowest BCUT2D eigenvalue weighted by molar-refractivity contribution is 0.0947. The van der Waals surface area contributed by atoms with Gasteiger partial charge in [-0.2, -0.15) is 0 Å². The molecule has 0 bridgehead atoms. The zero-order valence-electron chi connectivity index (χ0n) is 13.0. The van der Waals surface area contributed by atoms with Gasteiger partial charge in [-0.3, -0.25) is 19.1 Å². The topological polar surface area (TPSA) is 89.8 Å². The summed E-state index contributed by atoms with van der Waals surface area (Å²) in [5.74, 6) is -0.323. The molecule has 7 nitrogen and oxygen atoms in total. The Morgan fingerprint density at radius 2 is 2.00 bits per heavy atom. The molecule has 4 aromatic rings. The highest BCUT2D eigenvalue weighted by Crippen LogP contribution is 2.13. The van der Waals surface area contributed by atoms with E-state index >= 15 is 0 Å². The molecular formula is C17H13N5O2S. The van der Waals surface area contributed by atoms with Gasteiger partial charge in [-0.25, -0.2) is 9.97 Å². The summed E-state index contributed by atoms with van der Waals surface area (Å²) in [6.45, 7) is 0.634. The number of hydrogen-bond donors (Lipinski definition) is 1. The standard InChI is InChI=1S/C17H13N5O2S/c23-15(14-9-19-12-3-1-2-4-13(12)21-14)18-6-7-22-10-20-16-11(17(22)24)5-8-25-16/h1-5,8-10H,6-7H2,(H,18,23). The van der Waals surface area contributed by atoms with E-state index in [0.717, 1.165) is 10.3 Å². The summed E-state index contributed by atoms with van der Waals surface area (Å²) in [5.41, 5.74) is 1.54. The minimum atomic E-state index is -0.323. The number of thiophene rings is 1. The Kier molecular flexibility index (Phi) is 3.95. The van der Waals surface area contributed by atoms with Gasteiger partial charge in [0.1, 0.15) is 10.5 Å². The zero-order chi connectivity index (χ0) is 17.2. The maximum atomic E-state index is 12.3. The normalized spacial score (nSPS) is 11.0. The molecule has 25 heavy (non-hydrogen) atoms. The Balaban J connectivity index is 1.45. The number of benzene rings is 1. The maximum Gasteiger partial charge on any atom is 0.271 e. The van der Waals surface area contributed by atoms with Crippen LogP contribution in [0.2, 0.25) is 0 Å². The summed E-state index contributed by atoms with van der Waals surface area (Å²) in [5, 5.41) is 5.19. The molecule has 0 atom stereocenters. The van der Waals surface area contributed by atoms with Crippen LogP contribution in [0.25, 0.3) is 21.3 Å². The summed E-state index contributed by atoms with van der Waals surface area (Å²) in [6.07, 6.45) is 2.95. The number of hydrogen-bond acceptors (Lipinski definition) is 6. The van der Waals surface area contributed by atoms with Crippen LogP contribution >= 0.6 is 11.3 Å². The molecule has 1 N–H and O–H groups in total. The van der Waals surface area contributed by atoms with E-state index in [1.165, 1.54) is 28.4 Å². The SMILES string of the molecule is O=C(NCCn1cnc2sccc2c1=O)c1cnc2ccccc2n1. The minimum absolute atomic E-state index is 0.106. The molecule has 1 aromatic carbocycles. The third-order valence-corrected chi connectivity index (χ3v) is 4.59. The Bertz CT molecular complexity index is 1130. The van der Waals surface area contributed by atoms with Gasteiger partial charge in [0.25, 0.3) is 11.5 Å². The van der Waals surface area contributed by atoms with Crippen molar-refractivity contribution in [3.8, 4) is 0 Å². The van der Waals surface area contributed by atoms with Crippen molar-refractivity contribution in [3.05, 3.63) is 64.3 Å². The van der Waals surface area contributed by atoms with Crippen LogP contribution < -0.4 is 10.9 Å². The second-order valence-electron chi connectivity index (χ2n) is 5.38. The Morgan fingerprint density at radius 3 is 2.88 bits per heavy atom. The average Bonchev–Trinajstić information content (AvgIpc) is 3.12. The summed E-state index contributed by atoms with van der Waals surface area (Å²) in [4.78, 5) is 38.0. The highest BCUT2D eigenvalue weighted by atomic mass is 32.1. The third-order valence-electron chi connectivity index (χ3n) is 3.77. The van der Waals surface area contributed by atoms with E-state index in [1.54, 1.807) is 12.1 Å². The van der Waals surface area contributed by atoms with Gasteiger partial charge in [0.15, 0.2) is 0 Å². The lowest BCUT2D eigenvalue weighted by Crippen LogP contribution is -2.31.